The zero-order chi connectivity index (χ0) is 22.7. The largest absolute Gasteiger partial charge is 0.495 e. The molecular formula is C22H25N3O5S. The van der Waals surface area contributed by atoms with Crippen LogP contribution in [0.15, 0.2) is 35.4 Å². The highest BCUT2D eigenvalue weighted by Crippen LogP contribution is 2.30. The summed E-state index contributed by atoms with van der Waals surface area (Å²) in [4.78, 5) is 43.4. The number of para-hydroxylation sites is 2. The summed E-state index contributed by atoms with van der Waals surface area (Å²) < 4.78 is 11.8. The molecule has 1 unspecified atom stereocenters. The number of carbonyl (C=O) groups is 2. The first-order valence-electron chi connectivity index (χ1n) is 9.85. The van der Waals surface area contributed by atoms with Gasteiger partial charge in [-0.3, -0.25) is 14.2 Å². The number of fused-ring (bicyclic) bond motifs is 1. The van der Waals surface area contributed by atoms with Crippen LogP contribution in [0.3, 0.4) is 0 Å². The molecule has 1 N–H and O–H groups in total. The number of nitrogens with one attached hydrogen (secondary N) is 1. The minimum atomic E-state index is -0.826. The Bertz CT molecular complexity index is 1180. The zero-order valence-corrected chi connectivity index (χ0v) is 18.9. The van der Waals surface area contributed by atoms with Crippen molar-refractivity contribution in [2.45, 2.75) is 33.7 Å². The van der Waals surface area contributed by atoms with E-state index in [4.69, 9.17) is 9.47 Å². The molecule has 0 fully saturated rings. The van der Waals surface area contributed by atoms with Gasteiger partial charge in [0.25, 0.3) is 11.5 Å². The molecule has 2 aromatic heterocycles. The van der Waals surface area contributed by atoms with Gasteiger partial charge in [-0.15, -0.1) is 11.3 Å². The zero-order valence-electron chi connectivity index (χ0n) is 18.1. The first-order valence-corrected chi connectivity index (χ1v) is 10.7. The van der Waals surface area contributed by atoms with Crippen LogP contribution in [-0.2, 0) is 9.53 Å². The number of ether oxygens (including phenoxy) is 2. The molecule has 0 aliphatic heterocycles. The monoisotopic (exact) mass is 443 g/mol. The van der Waals surface area contributed by atoms with E-state index in [9.17, 15) is 14.4 Å². The van der Waals surface area contributed by atoms with E-state index in [-0.39, 0.29) is 24.0 Å². The van der Waals surface area contributed by atoms with Crippen LogP contribution in [0.2, 0.25) is 0 Å². The molecule has 1 amide bonds. The third kappa shape index (κ3) is 4.61. The van der Waals surface area contributed by atoms with Crippen LogP contribution in [0, 0.1) is 12.8 Å². The number of benzene rings is 1. The molecule has 1 aromatic carbocycles. The molecule has 0 aliphatic carbocycles. The second-order valence-electron chi connectivity index (χ2n) is 7.55. The third-order valence-corrected chi connectivity index (χ3v) is 5.95. The first-order chi connectivity index (χ1) is 14.7. The van der Waals surface area contributed by atoms with Crippen LogP contribution in [-0.4, -0.2) is 35.1 Å². The van der Waals surface area contributed by atoms with E-state index in [0.29, 0.717) is 32.1 Å². The SMILES string of the molecule is COc1ccccc1NC(=O)c1sc2ncn(C(C)C(=O)OCC(C)C)c(=O)c2c1C. The van der Waals surface area contributed by atoms with Crippen molar-refractivity contribution < 1.29 is 19.1 Å². The Balaban J connectivity index is 1.93. The average Bonchev–Trinajstić information content (AvgIpc) is 3.09. The van der Waals surface area contributed by atoms with Crippen molar-refractivity contribution in [3.05, 3.63) is 51.4 Å². The first kappa shape index (κ1) is 22.5. The summed E-state index contributed by atoms with van der Waals surface area (Å²) in [5, 5.41) is 3.14. The van der Waals surface area contributed by atoms with E-state index in [1.165, 1.54) is 18.0 Å². The van der Waals surface area contributed by atoms with Gasteiger partial charge < -0.3 is 14.8 Å². The third-order valence-electron chi connectivity index (χ3n) is 4.75. The van der Waals surface area contributed by atoms with Crippen LogP contribution in [0.4, 0.5) is 5.69 Å². The Morgan fingerprint density at radius 3 is 2.61 bits per heavy atom. The van der Waals surface area contributed by atoms with Gasteiger partial charge >= 0.3 is 5.97 Å². The molecule has 8 nitrogen and oxygen atoms in total. The molecule has 1 atom stereocenters. The van der Waals surface area contributed by atoms with E-state index in [1.807, 2.05) is 13.8 Å². The second-order valence-corrected chi connectivity index (χ2v) is 8.55. The fourth-order valence-corrected chi connectivity index (χ4v) is 4.07. The van der Waals surface area contributed by atoms with Crippen LogP contribution >= 0.6 is 11.3 Å². The van der Waals surface area contributed by atoms with Gasteiger partial charge in [0.05, 0.1) is 36.0 Å². The number of hydrogen-bond donors (Lipinski definition) is 1. The number of nitrogens with zero attached hydrogens (tertiary/aromatic N) is 2. The van der Waals surface area contributed by atoms with Crippen molar-refractivity contribution in [3.8, 4) is 5.75 Å². The summed E-state index contributed by atoms with van der Waals surface area (Å²) in [6.07, 6.45) is 1.32. The van der Waals surface area contributed by atoms with E-state index in [2.05, 4.69) is 10.3 Å². The van der Waals surface area contributed by atoms with Crippen molar-refractivity contribution in [3.63, 3.8) is 0 Å². The van der Waals surface area contributed by atoms with Gasteiger partial charge in [0.2, 0.25) is 0 Å². The Hall–Kier alpha value is -3.20. The summed E-state index contributed by atoms with van der Waals surface area (Å²) in [6, 6.07) is 6.24. The molecule has 3 rings (SSSR count). The van der Waals surface area contributed by atoms with Gasteiger partial charge in [-0.1, -0.05) is 26.0 Å². The molecule has 0 radical (unpaired) electrons. The van der Waals surface area contributed by atoms with Crippen molar-refractivity contribution in [1.29, 1.82) is 0 Å². The molecule has 9 heteroatoms. The van der Waals surface area contributed by atoms with E-state index >= 15 is 0 Å². The molecule has 0 aliphatic rings. The number of amides is 1. The summed E-state index contributed by atoms with van der Waals surface area (Å²) in [5.74, 6) is -0.139. The average molecular weight is 444 g/mol. The summed E-state index contributed by atoms with van der Waals surface area (Å²) in [7, 11) is 1.52. The minimum absolute atomic E-state index is 0.192. The Kier molecular flexibility index (Phi) is 6.74. The second kappa shape index (κ2) is 9.30. The normalized spacial score (nSPS) is 12.1. The van der Waals surface area contributed by atoms with E-state index in [1.54, 1.807) is 38.1 Å². The van der Waals surface area contributed by atoms with Crippen molar-refractivity contribution in [2.24, 2.45) is 5.92 Å². The van der Waals surface area contributed by atoms with Gasteiger partial charge in [-0.05, 0) is 37.5 Å². The number of aryl methyl sites for hydroxylation is 1. The molecule has 31 heavy (non-hydrogen) atoms. The minimum Gasteiger partial charge on any atom is -0.495 e. The number of thiophene rings is 1. The number of aromatic nitrogens is 2. The predicted octanol–water partition coefficient (Wildman–Crippen LogP) is 3.79. The fourth-order valence-electron chi connectivity index (χ4n) is 3.04. The van der Waals surface area contributed by atoms with Crippen LogP contribution < -0.4 is 15.6 Å². The quantitative estimate of drug-likeness (QED) is 0.558. The Labute approximate surface area is 183 Å². The molecular weight excluding hydrogens is 418 g/mol. The summed E-state index contributed by atoms with van der Waals surface area (Å²) in [6.45, 7) is 7.44. The standard InChI is InChI=1S/C22H25N3O5S/c1-12(2)10-30-22(28)14(4)25-11-23-20-17(21(25)27)13(3)18(31-20)19(26)24-15-8-6-7-9-16(15)29-5/h6-9,11-12,14H,10H2,1-5H3,(H,24,26). The maximum Gasteiger partial charge on any atom is 0.329 e. The number of hydrogen-bond acceptors (Lipinski definition) is 7. The Morgan fingerprint density at radius 1 is 1.23 bits per heavy atom. The number of esters is 1. The van der Waals surface area contributed by atoms with Crippen LogP contribution in [0.1, 0.15) is 42.0 Å². The molecule has 0 saturated carbocycles. The highest BCUT2D eigenvalue weighted by molar-refractivity contribution is 7.20. The van der Waals surface area contributed by atoms with Gasteiger partial charge in [-0.25, -0.2) is 9.78 Å². The number of methoxy groups -OCH3 is 1. The van der Waals surface area contributed by atoms with Gasteiger partial charge in [-0.2, -0.15) is 0 Å². The van der Waals surface area contributed by atoms with Crippen LogP contribution in [0.5, 0.6) is 5.75 Å². The molecule has 0 spiro atoms. The number of anilines is 1. The van der Waals surface area contributed by atoms with E-state index < -0.39 is 12.0 Å². The molecule has 164 valence electrons. The molecule has 0 bridgehead atoms. The number of carbonyl (C=O) groups excluding carboxylic acids is 2. The van der Waals surface area contributed by atoms with Gasteiger partial charge in [0, 0.05) is 0 Å². The van der Waals surface area contributed by atoms with Crippen molar-refractivity contribution >= 4 is 39.1 Å². The summed E-state index contributed by atoms with van der Waals surface area (Å²) >= 11 is 1.13. The van der Waals surface area contributed by atoms with Crippen molar-refractivity contribution in [2.75, 3.05) is 19.0 Å². The van der Waals surface area contributed by atoms with Gasteiger partial charge in [0.15, 0.2) is 0 Å². The van der Waals surface area contributed by atoms with Crippen molar-refractivity contribution in [1.82, 2.24) is 9.55 Å². The maximum absolute atomic E-state index is 13.1. The number of rotatable bonds is 7. The lowest BCUT2D eigenvalue weighted by Crippen LogP contribution is -2.30. The topological polar surface area (TPSA) is 99.5 Å². The van der Waals surface area contributed by atoms with E-state index in [0.717, 1.165) is 11.3 Å². The fraction of sp³-hybridized carbons (Fsp3) is 0.364. The molecule has 3 aromatic rings. The maximum atomic E-state index is 13.1. The lowest BCUT2D eigenvalue weighted by atomic mass is 10.2. The summed E-state index contributed by atoms with van der Waals surface area (Å²) in [5.41, 5.74) is 0.657. The lowest BCUT2D eigenvalue weighted by Gasteiger charge is -2.15. The molecule has 0 saturated heterocycles. The smallest absolute Gasteiger partial charge is 0.329 e. The molecule has 2 heterocycles. The lowest BCUT2D eigenvalue weighted by molar-refractivity contribution is -0.148. The highest BCUT2D eigenvalue weighted by Gasteiger charge is 2.24. The van der Waals surface area contributed by atoms with Crippen LogP contribution in [0.25, 0.3) is 10.2 Å². The predicted molar refractivity (Wildman–Crippen MR) is 120 cm³/mol. The van der Waals surface area contributed by atoms with Gasteiger partial charge in [0.1, 0.15) is 16.6 Å². The highest BCUT2D eigenvalue weighted by atomic mass is 32.1. The Morgan fingerprint density at radius 2 is 1.94 bits per heavy atom.